The Morgan fingerprint density at radius 1 is 1.32 bits per heavy atom. The van der Waals surface area contributed by atoms with Crippen molar-refractivity contribution in [2.45, 2.75) is 6.92 Å². The molecule has 0 saturated heterocycles. The molecule has 0 spiro atoms. The summed E-state index contributed by atoms with van der Waals surface area (Å²) in [6.45, 7) is 1.72. The first-order valence-corrected chi connectivity index (χ1v) is 6.54. The largest absolute Gasteiger partial charge is 0.493 e. The standard InChI is InChI=1S/C13H12INO4/c1-7-9(13(16)19-15-7)4-8-5-10(14)12(18-3)11(6-8)17-2/h4-6H,1-3H3. The fourth-order valence-corrected chi connectivity index (χ4v) is 2.55. The first-order valence-electron chi connectivity index (χ1n) is 5.46. The van der Waals surface area contributed by atoms with E-state index in [-0.39, 0.29) is 0 Å². The topological polar surface area (TPSA) is 57.1 Å². The highest BCUT2D eigenvalue weighted by Crippen LogP contribution is 2.34. The van der Waals surface area contributed by atoms with Crippen molar-refractivity contribution in [3.63, 3.8) is 0 Å². The highest BCUT2D eigenvalue weighted by molar-refractivity contribution is 14.1. The molecule has 0 fully saturated rings. The Bertz CT molecular complexity index is 593. The van der Waals surface area contributed by atoms with E-state index in [0.717, 1.165) is 9.13 Å². The van der Waals surface area contributed by atoms with Crippen LogP contribution in [-0.2, 0) is 9.63 Å². The number of oxime groups is 1. The molecular weight excluding hydrogens is 361 g/mol. The Labute approximate surface area is 124 Å². The maximum atomic E-state index is 11.5. The normalized spacial score (nSPS) is 16.3. The molecule has 0 N–H and O–H groups in total. The van der Waals surface area contributed by atoms with Gasteiger partial charge in [0.15, 0.2) is 11.5 Å². The fraction of sp³-hybridized carbons (Fsp3) is 0.231. The minimum absolute atomic E-state index is 0.442. The van der Waals surface area contributed by atoms with Crippen molar-refractivity contribution in [1.82, 2.24) is 0 Å². The zero-order valence-corrected chi connectivity index (χ0v) is 12.8. The Hall–Kier alpha value is -1.57. The van der Waals surface area contributed by atoms with Crippen LogP contribution < -0.4 is 9.47 Å². The summed E-state index contributed by atoms with van der Waals surface area (Å²) in [5, 5.41) is 3.63. The van der Waals surface area contributed by atoms with E-state index in [1.165, 1.54) is 0 Å². The molecule has 0 bridgehead atoms. The quantitative estimate of drug-likeness (QED) is 0.465. The van der Waals surface area contributed by atoms with Crippen LogP contribution in [0.4, 0.5) is 0 Å². The number of nitrogens with zero attached hydrogens (tertiary/aromatic N) is 1. The van der Waals surface area contributed by atoms with E-state index < -0.39 is 5.97 Å². The number of carbonyl (C=O) groups is 1. The molecule has 6 heteroatoms. The van der Waals surface area contributed by atoms with Gasteiger partial charge in [-0.15, -0.1) is 0 Å². The van der Waals surface area contributed by atoms with Crippen LogP contribution in [0, 0.1) is 3.57 Å². The third kappa shape index (κ3) is 2.73. The summed E-state index contributed by atoms with van der Waals surface area (Å²) in [6.07, 6.45) is 1.72. The van der Waals surface area contributed by atoms with Gasteiger partial charge in [0.2, 0.25) is 0 Å². The smallest absolute Gasteiger partial charge is 0.367 e. The van der Waals surface area contributed by atoms with Gasteiger partial charge in [-0.2, -0.15) is 0 Å². The van der Waals surface area contributed by atoms with Gasteiger partial charge in [-0.3, -0.25) is 0 Å². The Kier molecular flexibility index (Phi) is 4.08. The summed E-state index contributed by atoms with van der Waals surface area (Å²) in [6, 6.07) is 3.70. The molecule has 1 heterocycles. The summed E-state index contributed by atoms with van der Waals surface area (Å²) in [5.74, 6) is 0.842. The molecule has 2 rings (SSSR count). The minimum Gasteiger partial charge on any atom is -0.493 e. The zero-order valence-electron chi connectivity index (χ0n) is 10.7. The van der Waals surface area contributed by atoms with E-state index in [0.29, 0.717) is 22.8 Å². The average molecular weight is 373 g/mol. The molecule has 19 heavy (non-hydrogen) atoms. The van der Waals surface area contributed by atoms with E-state index in [1.807, 2.05) is 6.07 Å². The van der Waals surface area contributed by atoms with Crippen LogP contribution in [0.1, 0.15) is 12.5 Å². The number of halogens is 1. The van der Waals surface area contributed by atoms with Crippen molar-refractivity contribution in [3.05, 3.63) is 26.8 Å². The second kappa shape index (κ2) is 5.60. The second-order valence-electron chi connectivity index (χ2n) is 3.85. The molecular formula is C13H12INO4. The molecule has 1 aliphatic rings. The summed E-state index contributed by atoms with van der Waals surface area (Å²) in [4.78, 5) is 16.1. The Morgan fingerprint density at radius 2 is 2.05 bits per heavy atom. The molecule has 1 aromatic carbocycles. The lowest BCUT2D eigenvalue weighted by Gasteiger charge is -2.10. The summed E-state index contributed by atoms with van der Waals surface area (Å²) >= 11 is 2.15. The molecule has 1 aromatic rings. The van der Waals surface area contributed by atoms with Crippen molar-refractivity contribution in [1.29, 1.82) is 0 Å². The number of methoxy groups -OCH3 is 2. The van der Waals surface area contributed by atoms with Gasteiger partial charge in [0.05, 0.1) is 29.1 Å². The second-order valence-corrected chi connectivity index (χ2v) is 5.01. The Balaban J connectivity index is 2.47. The van der Waals surface area contributed by atoms with Gasteiger partial charge >= 0.3 is 5.97 Å². The van der Waals surface area contributed by atoms with Crippen molar-refractivity contribution < 1.29 is 19.1 Å². The Morgan fingerprint density at radius 3 is 2.58 bits per heavy atom. The van der Waals surface area contributed by atoms with E-state index in [2.05, 4.69) is 32.6 Å². The number of benzene rings is 1. The monoisotopic (exact) mass is 373 g/mol. The molecule has 0 radical (unpaired) electrons. The van der Waals surface area contributed by atoms with Gasteiger partial charge in [-0.25, -0.2) is 4.79 Å². The molecule has 0 aliphatic carbocycles. The summed E-state index contributed by atoms with van der Waals surface area (Å²) in [7, 11) is 3.16. The van der Waals surface area contributed by atoms with Crippen molar-refractivity contribution in [2.24, 2.45) is 5.16 Å². The number of hydrogen-bond donors (Lipinski definition) is 0. The van der Waals surface area contributed by atoms with Crippen LogP contribution in [0.15, 0.2) is 22.9 Å². The van der Waals surface area contributed by atoms with Crippen LogP contribution in [0.25, 0.3) is 6.08 Å². The highest BCUT2D eigenvalue weighted by Gasteiger charge is 2.22. The summed E-state index contributed by atoms with van der Waals surface area (Å²) < 4.78 is 11.4. The predicted octanol–water partition coefficient (Wildman–Crippen LogP) is 2.62. The van der Waals surface area contributed by atoms with Crippen molar-refractivity contribution >= 4 is 40.3 Å². The van der Waals surface area contributed by atoms with E-state index in [9.17, 15) is 4.79 Å². The van der Waals surface area contributed by atoms with E-state index >= 15 is 0 Å². The van der Waals surface area contributed by atoms with Crippen LogP contribution in [0.5, 0.6) is 11.5 Å². The number of carbonyl (C=O) groups excluding carboxylic acids is 1. The molecule has 5 nitrogen and oxygen atoms in total. The zero-order chi connectivity index (χ0) is 14.0. The molecule has 0 unspecified atom stereocenters. The van der Waals surface area contributed by atoms with Crippen LogP contribution in [-0.4, -0.2) is 25.9 Å². The van der Waals surface area contributed by atoms with E-state index in [1.54, 1.807) is 33.3 Å². The van der Waals surface area contributed by atoms with Gasteiger partial charge in [-0.05, 0) is 53.3 Å². The lowest BCUT2D eigenvalue weighted by atomic mass is 10.1. The molecule has 0 saturated carbocycles. The van der Waals surface area contributed by atoms with Crippen LogP contribution >= 0.6 is 22.6 Å². The first kappa shape index (κ1) is 13.9. The lowest BCUT2D eigenvalue weighted by molar-refractivity contribution is -0.136. The van der Waals surface area contributed by atoms with Gasteiger partial charge in [0, 0.05) is 0 Å². The van der Waals surface area contributed by atoms with Gasteiger partial charge in [-0.1, -0.05) is 5.16 Å². The third-order valence-corrected chi connectivity index (χ3v) is 3.44. The highest BCUT2D eigenvalue weighted by atomic mass is 127. The molecule has 1 aliphatic heterocycles. The number of ether oxygens (including phenoxy) is 2. The lowest BCUT2D eigenvalue weighted by Crippen LogP contribution is -2.02. The van der Waals surface area contributed by atoms with Crippen molar-refractivity contribution in [2.75, 3.05) is 14.2 Å². The minimum atomic E-state index is -0.442. The van der Waals surface area contributed by atoms with Gasteiger partial charge in [0.1, 0.15) is 0 Å². The maximum absolute atomic E-state index is 11.5. The predicted molar refractivity (Wildman–Crippen MR) is 79.4 cm³/mol. The number of hydrogen-bond acceptors (Lipinski definition) is 5. The number of rotatable bonds is 3. The summed E-state index contributed by atoms with van der Waals surface area (Å²) in [5.41, 5.74) is 1.84. The fourth-order valence-electron chi connectivity index (χ4n) is 1.71. The SMILES string of the molecule is COc1cc(C=C2C(=O)ON=C2C)cc(I)c1OC. The van der Waals surface area contributed by atoms with Crippen LogP contribution in [0.2, 0.25) is 0 Å². The molecule has 0 amide bonds. The van der Waals surface area contributed by atoms with Crippen molar-refractivity contribution in [3.8, 4) is 11.5 Å². The van der Waals surface area contributed by atoms with E-state index in [4.69, 9.17) is 9.47 Å². The first-order chi connectivity index (χ1) is 9.06. The van der Waals surface area contributed by atoms with Gasteiger partial charge < -0.3 is 14.3 Å². The van der Waals surface area contributed by atoms with Gasteiger partial charge in [0.25, 0.3) is 0 Å². The average Bonchev–Trinajstić information content (AvgIpc) is 2.70. The molecule has 0 atom stereocenters. The molecule has 0 aromatic heterocycles. The maximum Gasteiger partial charge on any atom is 0.367 e. The third-order valence-electron chi connectivity index (χ3n) is 2.64. The molecule has 100 valence electrons. The van der Waals surface area contributed by atoms with Crippen LogP contribution in [0.3, 0.4) is 0 Å².